The Hall–Kier alpha value is -0.300. The van der Waals surface area contributed by atoms with Crippen LogP contribution in [0.3, 0.4) is 0 Å². The number of aliphatic hydroxyl groups excluding tert-OH is 3. The predicted octanol–water partition coefficient (Wildman–Crippen LogP) is -0.650. The van der Waals surface area contributed by atoms with Gasteiger partial charge < -0.3 is 20.6 Å². The van der Waals surface area contributed by atoms with Crippen molar-refractivity contribution in [2.75, 3.05) is 25.6 Å². The molecule has 0 fully saturated rings. The lowest BCUT2D eigenvalue weighted by Crippen LogP contribution is -2.57. The molecule has 6 heteroatoms. The number of hydrogen-bond donors (Lipinski definition) is 4. The Morgan fingerprint density at radius 3 is 1.88 bits per heavy atom. The van der Waals surface area contributed by atoms with Gasteiger partial charge in [0.2, 0.25) is 5.91 Å². The summed E-state index contributed by atoms with van der Waals surface area (Å²) in [5.41, 5.74) is -1.32. The van der Waals surface area contributed by atoms with Gasteiger partial charge in [-0.05, 0) is 0 Å². The number of amides is 1. The van der Waals surface area contributed by atoms with E-state index in [9.17, 15) is 4.79 Å². The maximum atomic E-state index is 11.5. The second-order valence-electron chi connectivity index (χ2n) is 4.70. The summed E-state index contributed by atoms with van der Waals surface area (Å²) in [7, 11) is 0. The van der Waals surface area contributed by atoms with Crippen molar-refractivity contribution >= 4 is 17.7 Å². The first kappa shape index (κ1) is 15.7. The van der Waals surface area contributed by atoms with E-state index in [1.165, 1.54) is 11.8 Å². The Bertz CT molecular complexity index is 215. The number of carbonyl (C=O) groups excluding carboxylic acids is 1. The Balaban J connectivity index is 4.21. The molecule has 0 aromatic heterocycles. The number of hydrogen-bond acceptors (Lipinski definition) is 5. The molecule has 16 heavy (non-hydrogen) atoms. The highest BCUT2D eigenvalue weighted by atomic mass is 32.2. The molecule has 0 spiro atoms. The zero-order chi connectivity index (χ0) is 12.8. The summed E-state index contributed by atoms with van der Waals surface area (Å²) in [5, 5.41) is 29.5. The highest BCUT2D eigenvalue weighted by Gasteiger charge is 2.30. The molecule has 1 amide bonds. The van der Waals surface area contributed by atoms with Crippen molar-refractivity contribution in [3.63, 3.8) is 0 Å². The first-order chi connectivity index (χ1) is 7.28. The summed E-state index contributed by atoms with van der Waals surface area (Å²) in [6, 6.07) is 0. The molecule has 0 bridgehead atoms. The second kappa shape index (κ2) is 6.44. The van der Waals surface area contributed by atoms with Gasteiger partial charge in [0.05, 0.1) is 25.6 Å². The molecule has 0 saturated heterocycles. The van der Waals surface area contributed by atoms with Crippen LogP contribution < -0.4 is 5.32 Å². The number of carbonyl (C=O) groups is 1. The lowest BCUT2D eigenvalue weighted by molar-refractivity contribution is -0.122. The van der Waals surface area contributed by atoms with E-state index in [1.54, 1.807) is 0 Å². The highest BCUT2D eigenvalue weighted by molar-refractivity contribution is 8.01. The molecule has 4 N–H and O–H groups in total. The summed E-state index contributed by atoms with van der Waals surface area (Å²) in [4.78, 5) is 11.5. The van der Waals surface area contributed by atoms with E-state index in [0.717, 1.165) is 0 Å². The van der Waals surface area contributed by atoms with Crippen molar-refractivity contribution in [2.24, 2.45) is 0 Å². The minimum absolute atomic E-state index is 0.0301. The van der Waals surface area contributed by atoms with E-state index in [-0.39, 0.29) is 16.4 Å². The summed E-state index contributed by atoms with van der Waals surface area (Å²) in [5.74, 6) is -0.0808. The molecule has 0 saturated carbocycles. The number of thioether (sulfide) groups is 1. The summed E-state index contributed by atoms with van der Waals surface area (Å²) < 4.78 is -0.0301. The van der Waals surface area contributed by atoms with Crippen molar-refractivity contribution in [1.29, 1.82) is 0 Å². The maximum Gasteiger partial charge on any atom is 0.230 e. The van der Waals surface area contributed by atoms with Crippen LogP contribution in [0.15, 0.2) is 0 Å². The van der Waals surface area contributed by atoms with Crippen molar-refractivity contribution < 1.29 is 20.1 Å². The minimum atomic E-state index is -1.32. The average Bonchev–Trinajstić information content (AvgIpc) is 2.22. The van der Waals surface area contributed by atoms with Gasteiger partial charge in [-0.3, -0.25) is 4.79 Å². The largest absolute Gasteiger partial charge is 0.394 e. The molecule has 0 aliphatic heterocycles. The molecule has 0 aliphatic rings. The molecule has 5 nitrogen and oxygen atoms in total. The molecule has 0 radical (unpaired) electrons. The molecule has 0 aromatic rings. The van der Waals surface area contributed by atoms with Crippen LogP contribution >= 0.6 is 11.8 Å². The molecule has 96 valence electrons. The van der Waals surface area contributed by atoms with Gasteiger partial charge in [-0.2, -0.15) is 0 Å². The fraction of sp³-hybridized carbons (Fsp3) is 0.900. The smallest absolute Gasteiger partial charge is 0.230 e. The summed E-state index contributed by atoms with van der Waals surface area (Å²) in [6.45, 7) is 4.48. The van der Waals surface area contributed by atoms with E-state index >= 15 is 0 Å². The van der Waals surface area contributed by atoms with E-state index in [4.69, 9.17) is 15.3 Å². The Labute approximate surface area is 100 Å². The zero-order valence-electron chi connectivity index (χ0n) is 9.99. The molecular weight excluding hydrogens is 230 g/mol. The third-order valence-electron chi connectivity index (χ3n) is 1.95. The van der Waals surface area contributed by atoms with Crippen molar-refractivity contribution in [2.45, 2.75) is 31.1 Å². The number of aliphatic hydroxyl groups is 3. The van der Waals surface area contributed by atoms with Gasteiger partial charge in [0.15, 0.2) is 0 Å². The lowest BCUT2D eigenvalue weighted by atomic mass is 10.0. The molecule has 0 aromatic carbocycles. The number of rotatable bonds is 6. The first-order valence-electron chi connectivity index (χ1n) is 5.06. The lowest BCUT2D eigenvalue weighted by Gasteiger charge is -2.29. The van der Waals surface area contributed by atoms with Gasteiger partial charge in [-0.15, -0.1) is 11.8 Å². The first-order valence-corrected chi connectivity index (χ1v) is 6.05. The number of nitrogens with one attached hydrogen (secondary N) is 1. The highest BCUT2D eigenvalue weighted by Crippen LogP contribution is 2.22. The standard InChI is InChI=1S/C10H21NO4S/c1-9(2,3)16-4-8(15)11-10(5-12,6-13)7-14/h12-14H,4-7H2,1-3H3,(H,11,15). The second-order valence-corrected chi connectivity index (χ2v) is 6.51. The van der Waals surface area contributed by atoms with Crippen LogP contribution in [0, 0.1) is 0 Å². The molecule has 0 aliphatic carbocycles. The molecular formula is C10H21NO4S. The normalized spacial score (nSPS) is 12.6. The molecule has 0 unspecified atom stereocenters. The summed E-state index contributed by atoms with van der Waals surface area (Å²) >= 11 is 1.46. The average molecular weight is 251 g/mol. The van der Waals surface area contributed by atoms with Gasteiger partial charge >= 0.3 is 0 Å². The summed E-state index contributed by atoms with van der Waals surface area (Å²) in [6.07, 6.45) is 0. The van der Waals surface area contributed by atoms with Gasteiger partial charge in [0, 0.05) is 4.75 Å². The van der Waals surface area contributed by atoms with Crippen molar-refractivity contribution in [3.8, 4) is 0 Å². The zero-order valence-corrected chi connectivity index (χ0v) is 10.8. The Morgan fingerprint density at radius 1 is 1.12 bits per heavy atom. The fourth-order valence-corrected chi connectivity index (χ4v) is 1.52. The molecule has 0 heterocycles. The molecule has 0 rings (SSSR count). The quantitative estimate of drug-likeness (QED) is 0.504. The van der Waals surface area contributed by atoms with Crippen LogP contribution in [-0.2, 0) is 4.79 Å². The fourth-order valence-electron chi connectivity index (χ4n) is 0.882. The van der Waals surface area contributed by atoms with E-state index in [1.807, 2.05) is 20.8 Å². The third kappa shape index (κ3) is 5.69. The molecule has 0 atom stereocenters. The monoisotopic (exact) mass is 251 g/mol. The van der Waals surface area contributed by atoms with Crippen LogP contribution in [0.1, 0.15) is 20.8 Å². The van der Waals surface area contributed by atoms with Crippen LogP contribution in [0.25, 0.3) is 0 Å². The van der Waals surface area contributed by atoms with Crippen LogP contribution in [0.2, 0.25) is 0 Å². The van der Waals surface area contributed by atoms with Crippen molar-refractivity contribution in [3.05, 3.63) is 0 Å². The predicted molar refractivity (Wildman–Crippen MR) is 64.3 cm³/mol. The third-order valence-corrected chi connectivity index (χ3v) is 3.22. The minimum Gasteiger partial charge on any atom is -0.394 e. The van der Waals surface area contributed by atoms with Crippen LogP contribution in [0.4, 0.5) is 0 Å². The van der Waals surface area contributed by atoms with E-state index in [2.05, 4.69) is 5.32 Å². The van der Waals surface area contributed by atoms with Gasteiger partial charge in [0.25, 0.3) is 0 Å². The van der Waals surface area contributed by atoms with E-state index < -0.39 is 25.4 Å². The Kier molecular flexibility index (Phi) is 6.32. The van der Waals surface area contributed by atoms with Gasteiger partial charge in [-0.1, -0.05) is 20.8 Å². The van der Waals surface area contributed by atoms with Gasteiger partial charge in [-0.25, -0.2) is 0 Å². The maximum absolute atomic E-state index is 11.5. The Morgan fingerprint density at radius 2 is 1.56 bits per heavy atom. The SMILES string of the molecule is CC(C)(C)SCC(=O)NC(CO)(CO)CO. The van der Waals surface area contributed by atoms with Crippen molar-refractivity contribution in [1.82, 2.24) is 5.32 Å². The van der Waals surface area contributed by atoms with E-state index in [0.29, 0.717) is 0 Å². The topological polar surface area (TPSA) is 89.8 Å². The van der Waals surface area contributed by atoms with Gasteiger partial charge in [0.1, 0.15) is 5.54 Å². The van der Waals surface area contributed by atoms with Crippen LogP contribution in [-0.4, -0.2) is 57.1 Å². The van der Waals surface area contributed by atoms with Crippen LogP contribution in [0.5, 0.6) is 0 Å².